The van der Waals surface area contributed by atoms with Gasteiger partial charge in [0.25, 0.3) is 0 Å². The molecule has 0 saturated heterocycles. The van der Waals surface area contributed by atoms with E-state index in [1.165, 1.54) is 27.6 Å². The van der Waals surface area contributed by atoms with Crippen LogP contribution in [0.2, 0.25) is 0 Å². The Bertz CT molecular complexity index is 2370. The van der Waals surface area contributed by atoms with Gasteiger partial charge in [0.05, 0.1) is 12.5 Å². The van der Waals surface area contributed by atoms with E-state index < -0.39 is 6.04 Å². The van der Waals surface area contributed by atoms with Crippen LogP contribution in [-0.4, -0.2) is 0 Å². The average molecular weight is 569 g/mol. The smallest absolute Gasteiger partial charge is 0.0629 e. The van der Waals surface area contributed by atoms with Gasteiger partial charge in [0, 0.05) is 22.4 Å². The summed E-state index contributed by atoms with van der Waals surface area (Å²) in [6.07, 6.45) is 0. The summed E-state index contributed by atoms with van der Waals surface area (Å²) in [7, 11) is 0. The zero-order valence-electron chi connectivity index (χ0n) is 29.6. The summed E-state index contributed by atoms with van der Waals surface area (Å²) in [4.78, 5) is 2.28. The van der Waals surface area contributed by atoms with Crippen molar-refractivity contribution in [3.63, 3.8) is 0 Å². The highest BCUT2D eigenvalue weighted by atomic mass is 15.1. The maximum absolute atomic E-state index is 8.55. The number of anilines is 3. The minimum atomic E-state index is -0.395. The third kappa shape index (κ3) is 4.24. The molecule has 0 spiro atoms. The highest BCUT2D eigenvalue weighted by Gasteiger charge is 2.39. The lowest BCUT2D eigenvalue weighted by Gasteiger charge is -2.30. The molecule has 0 radical (unpaired) electrons. The van der Waals surface area contributed by atoms with Crippen LogP contribution in [0.15, 0.2) is 164 Å². The number of hydrogen-bond donors (Lipinski definition) is 0. The Kier molecular flexibility index (Phi) is 5.04. The van der Waals surface area contributed by atoms with Crippen LogP contribution < -0.4 is 4.90 Å². The molecule has 0 N–H and O–H groups in total. The molecule has 0 unspecified atom stereocenters. The topological polar surface area (TPSA) is 3.24 Å². The van der Waals surface area contributed by atoms with E-state index in [1.807, 2.05) is 42.5 Å². The summed E-state index contributed by atoms with van der Waals surface area (Å²) in [5.41, 5.74) is 10.7. The standard InChI is InChI=1S/C43H33N/c1-43(2)39-20-12-11-19-38(39)41-40(29-34-17-9-10-18-37(34)42(41)43)44(35-25-21-32(22-26-35)30-13-5-3-6-14-30)36-27-23-33(24-28-36)31-15-7-4-8-16-31/h3-29H,1-2H3/i3D,5D,6D,13D,14D. The third-order valence-electron chi connectivity index (χ3n) is 8.91. The number of benzene rings is 7. The molecule has 1 aliphatic rings. The monoisotopic (exact) mass is 568 g/mol. The lowest BCUT2D eigenvalue weighted by atomic mass is 9.80. The van der Waals surface area contributed by atoms with Crippen LogP contribution in [0.3, 0.4) is 0 Å². The molecule has 44 heavy (non-hydrogen) atoms. The number of hydrogen-bond acceptors (Lipinski definition) is 1. The van der Waals surface area contributed by atoms with Crippen molar-refractivity contribution in [2.75, 3.05) is 4.90 Å². The van der Waals surface area contributed by atoms with Gasteiger partial charge in [0.1, 0.15) is 0 Å². The maximum atomic E-state index is 8.55. The average Bonchev–Trinajstić information content (AvgIpc) is 3.38. The van der Waals surface area contributed by atoms with E-state index in [0.717, 1.165) is 33.6 Å². The lowest BCUT2D eigenvalue weighted by Crippen LogP contribution is -2.16. The summed E-state index contributed by atoms with van der Waals surface area (Å²) in [5, 5.41) is 2.39. The third-order valence-corrected chi connectivity index (χ3v) is 8.91. The van der Waals surface area contributed by atoms with Gasteiger partial charge in [-0.05, 0) is 80.0 Å². The normalized spacial score (nSPS) is 14.5. The van der Waals surface area contributed by atoms with Crippen molar-refractivity contribution in [3.8, 4) is 33.4 Å². The Hall–Kier alpha value is -5.40. The van der Waals surface area contributed by atoms with Gasteiger partial charge in [-0.1, -0.05) is 147 Å². The number of nitrogens with zero attached hydrogens (tertiary/aromatic N) is 1. The van der Waals surface area contributed by atoms with Crippen LogP contribution in [0, 0.1) is 0 Å². The van der Waals surface area contributed by atoms with Crippen molar-refractivity contribution in [2.45, 2.75) is 19.3 Å². The lowest BCUT2D eigenvalue weighted by molar-refractivity contribution is 0.666. The molecule has 0 aromatic heterocycles. The highest BCUT2D eigenvalue weighted by molar-refractivity contribution is 6.06. The van der Waals surface area contributed by atoms with E-state index in [-0.39, 0.29) is 35.1 Å². The minimum absolute atomic E-state index is 0.193. The Morgan fingerprint density at radius 1 is 0.545 bits per heavy atom. The van der Waals surface area contributed by atoms with Gasteiger partial charge in [0.15, 0.2) is 0 Å². The van der Waals surface area contributed by atoms with Gasteiger partial charge in [-0.25, -0.2) is 0 Å². The van der Waals surface area contributed by atoms with Gasteiger partial charge in [0.2, 0.25) is 0 Å². The summed E-state index contributed by atoms with van der Waals surface area (Å²) < 4.78 is 41.6. The first-order chi connectivity index (χ1) is 23.7. The first kappa shape index (κ1) is 21.3. The molecule has 7 aromatic rings. The number of fused-ring (bicyclic) bond motifs is 5. The summed E-state index contributed by atoms with van der Waals surface area (Å²) in [6.45, 7) is 4.61. The second-order valence-electron chi connectivity index (χ2n) is 11.8. The highest BCUT2D eigenvalue weighted by Crippen LogP contribution is 2.56. The first-order valence-electron chi connectivity index (χ1n) is 17.5. The molecule has 0 saturated carbocycles. The largest absolute Gasteiger partial charge is 0.310 e. The minimum Gasteiger partial charge on any atom is -0.310 e. The molecule has 7 aromatic carbocycles. The molecule has 8 rings (SSSR count). The van der Waals surface area contributed by atoms with Crippen molar-refractivity contribution in [2.24, 2.45) is 0 Å². The van der Waals surface area contributed by atoms with Crippen molar-refractivity contribution in [3.05, 3.63) is 175 Å². The van der Waals surface area contributed by atoms with E-state index >= 15 is 0 Å². The van der Waals surface area contributed by atoms with Gasteiger partial charge in [-0.15, -0.1) is 0 Å². The quantitative estimate of drug-likeness (QED) is 0.200. The molecule has 1 nitrogen and oxygen atoms in total. The van der Waals surface area contributed by atoms with Crippen molar-refractivity contribution in [1.29, 1.82) is 0 Å². The van der Waals surface area contributed by atoms with E-state index in [2.05, 4.69) is 110 Å². The van der Waals surface area contributed by atoms with Crippen molar-refractivity contribution in [1.82, 2.24) is 0 Å². The van der Waals surface area contributed by atoms with E-state index in [1.54, 1.807) is 0 Å². The number of rotatable bonds is 5. The fourth-order valence-electron chi connectivity index (χ4n) is 6.84. The summed E-state index contributed by atoms with van der Waals surface area (Å²) in [6, 6.07) is 44.7. The van der Waals surface area contributed by atoms with Crippen LogP contribution in [0.5, 0.6) is 0 Å². The molecular weight excluding hydrogens is 530 g/mol. The van der Waals surface area contributed by atoms with Crippen molar-refractivity contribution >= 4 is 27.8 Å². The Morgan fingerprint density at radius 2 is 1.11 bits per heavy atom. The molecule has 0 amide bonds. The Balaban J connectivity index is 1.37. The summed E-state index contributed by atoms with van der Waals surface area (Å²) in [5.74, 6) is 0. The second kappa shape index (κ2) is 10.4. The van der Waals surface area contributed by atoms with Gasteiger partial charge < -0.3 is 4.90 Å². The van der Waals surface area contributed by atoms with E-state index in [0.29, 0.717) is 5.56 Å². The van der Waals surface area contributed by atoms with Crippen LogP contribution in [-0.2, 0) is 5.41 Å². The second-order valence-corrected chi connectivity index (χ2v) is 11.8. The van der Waals surface area contributed by atoms with Gasteiger partial charge in [-0.3, -0.25) is 0 Å². The molecule has 1 heteroatoms. The van der Waals surface area contributed by atoms with Crippen LogP contribution in [0.4, 0.5) is 17.1 Å². The zero-order chi connectivity index (χ0) is 34.0. The van der Waals surface area contributed by atoms with Crippen molar-refractivity contribution < 1.29 is 6.85 Å². The van der Waals surface area contributed by atoms with Crippen LogP contribution >= 0.6 is 0 Å². The van der Waals surface area contributed by atoms with E-state index in [4.69, 9.17) is 6.85 Å². The Labute approximate surface area is 266 Å². The molecule has 1 aliphatic carbocycles. The van der Waals surface area contributed by atoms with Crippen LogP contribution in [0.25, 0.3) is 44.2 Å². The molecule has 0 fully saturated rings. The molecular formula is C43H33N. The molecule has 0 atom stereocenters. The van der Waals surface area contributed by atoms with Crippen LogP contribution in [0.1, 0.15) is 31.8 Å². The fourth-order valence-corrected chi connectivity index (χ4v) is 6.84. The first-order valence-corrected chi connectivity index (χ1v) is 15.0. The fraction of sp³-hybridized carbons (Fsp3) is 0.0698. The Morgan fingerprint density at radius 3 is 1.82 bits per heavy atom. The summed E-state index contributed by atoms with van der Waals surface area (Å²) >= 11 is 0. The van der Waals surface area contributed by atoms with E-state index in [9.17, 15) is 0 Å². The zero-order valence-corrected chi connectivity index (χ0v) is 24.6. The molecule has 0 aliphatic heterocycles. The predicted octanol–water partition coefficient (Wildman–Crippen LogP) is 11.9. The molecule has 0 heterocycles. The van der Waals surface area contributed by atoms with Gasteiger partial charge >= 0.3 is 0 Å². The molecule has 210 valence electrons. The SMILES string of the molecule is [2H]c1c([2H])c([2H])c(-c2ccc(N(c3ccc(-c4ccccc4)cc3)c3cc4ccccc4c4c3-c3ccccc3C4(C)C)cc2)c([2H])c1[2H]. The maximum Gasteiger partial charge on any atom is 0.0629 e. The predicted molar refractivity (Wildman–Crippen MR) is 187 cm³/mol. The molecule has 0 bridgehead atoms. The van der Waals surface area contributed by atoms with Gasteiger partial charge in [-0.2, -0.15) is 0 Å².